The molecule has 0 saturated carbocycles. The maximum atomic E-state index is 12.6. The highest BCUT2D eigenvalue weighted by Gasteiger charge is 2.58. The Morgan fingerprint density at radius 3 is 2.21 bits per heavy atom. The molecule has 19 heavy (non-hydrogen) atoms. The SMILES string of the molecule is CCOC(=O)C(=[N+]=N)C(=O)[C@H](C)[C@](C)(O)C(F)(F)F. The van der Waals surface area contributed by atoms with Crippen LogP contribution in [0.1, 0.15) is 20.8 Å². The zero-order valence-electron chi connectivity index (χ0n) is 10.5. The largest absolute Gasteiger partial charge is 0.490 e. The van der Waals surface area contributed by atoms with Crippen LogP contribution in [-0.4, -0.2) is 45.7 Å². The molecule has 0 saturated heterocycles. The second-order valence-corrected chi connectivity index (χ2v) is 3.91. The van der Waals surface area contributed by atoms with Gasteiger partial charge in [0.2, 0.25) is 0 Å². The number of aliphatic hydroxyl groups is 1. The minimum Gasteiger partial charge on any atom is -0.457 e. The van der Waals surface area contributed by atoms with Crippen LogP contribution in [-0.2, 0) is 14.3 Å². The molecule has 0 heterocycles. The fourth-order valence-electron chi connectivity index (χ4n) is 1.11. The number of alkyl halides is 3. The Labute approximate surface area is 106 Å². The Bertz CT molecular complexity index is 425. The van der Waals surface area contributed by atoms with E-state index in [1.165, 1.54) is 6.92 Å². The molecular weight excluding hydrogens is 269 g/mol. The molecule has 2 atom stereocenters. The molecule has 0 aliphatic carbocycles. The predicted molar refractivity (Wildman–Crippen MR) is 55.5 cm³/mol. The van der Waals surface area contributed by atoms with Crippen molar-refractivity contribution in [2.24, 2.45) is 5.92 Å². The van der Waals surface area contributed by atoms with Gasteiger partial charge in [-0.3, -0.25) is 4.79 Å². The molecule has 6 nitrogen and oxygen atoms in total. The predicted octanol–water partition coefficient (Wildman–Crippen LogP) is 0.748. The highest BCUT2D eigenvalue weighted by atomic mass is 19.4. The quantitative estimate of drug-likeness (QED) is 0.255. The summed E-state index contributed by atoms with van der Waals surface area (Å²) >= 11 is 0. The Balaban J connectivity index is 5.32. The van der Waals surface area contributed by atoms with Crippen molar-refractivity contribution in [1.29, 1.82) is 5.53 Å². The first-order chi connectivity index (χ1) is 8.50. The van der Waals surface area contributed by atoms with Crippen LogP contribution in [0.2, 0.25) is 0 Å². The molecule has 0 aromatic heterocycles. The Hall–Kier alpha value is -1.73. The van der Waals surface area contributed by atoms with Crippen LogP contribution in [0, 0.1) is 11.4 Å². The molecule has 0 aromatic carbocycles. The van der Waals surface area contributed by atoms with E-state index < -0.39 is 35.2 Å². The number of ketones is 1. The minimum atomic E-state index is -5.07. The van der Waals surface area contributed by atoms with Gasteiger partial charge in [0.1, 0.15) is 0 Å². The summed E-state index contributed by atoms with van der Waals surface area (Å²) in [5.74, 6) is -4.70. The van der Waals surface area contributed by atoms with E-state index in [2.05, 4.69) is 9.53 Å². The third-order valence-corrected chi connectivity index (χ3v) is 2.62. The normalized spacial score (nSPS) is 15.9. The maximum absolute atomic E-state index is 12.6. The number of hydrogen-bond donors (Lipinski definition) is 2. The number of carbonyl (C=O) groups is 2. The first kappa shape index (κ1) is 17.3. The molecule has 0 aliphatic rings. The number of rotatable bonds is 5. The third-order valence-electron chi connectivity index (χ3n) is 2.62. The molecule has 0 amide bonds. The lowest BCUT2D eigenvalue weighted by molar-refractivity contribution is -0.266. The lowest BCUT2D eigenvalue weighted by atomic mass is 9.85. The van der Waals surface area contributed by atoms with Gasteiger partial charge in [0.15, 0.2) is 5.60 Å². The fraction of sp³-hybridized carbons (Fsp3) is 0.700. The van der Waals surface area contributed by atoms with Crippen LogP contribution in [0.15, 0.2) is 0 Å². The molecule has 0 unspecified atom stereocenters. The standard InChI is InChI=1S/C10H14F3N2O4/c1-4-19-8(17)6(15-14)7(16)5(2)9(3,18)10(11,12)13/h5,14,18H,4H2,1-3H3/q+1/t5-,9-/m0/s1. The number of nitrogens with zero attached hydrogens (tertiary/aromatic N) is 1. The van der Waals surface area contributed by atoms with Crippen molar-refractivity contribution < 1.29 is 37.4 Å². The lowest BCUT2D eigenvalue weighted by Crippen LogP contribution is -2.52. The van der Waals surface area contributed by atoms with Crippen molar-refractivity contribution in [3.05, 3.63) is 0 Å². The Morgan fingerprint density at radius 1 is 1.42 bits per heavy atom. The molecule has 0 rings (SSSR count). The van der Waals surface area contributed by atoms with Gasteiger partial charge in [-0.2, -0.15) is 13.2 Å². The van der Waals surface area contributed by atoms with Crippen molar-refractivity contribution in [3.63, 3.8) is 0 Å². The smallest absolute Gasteiger partial charge is 0.457 e. The molecule has 108 valence electrons. The van der Waals surface area contributed by atoms with E-state index in [0.717, 1.165) is 6.92 Å². The molecule has 0 spiro atoms. The van der Waals surface area contributed by atoms with Gasteiger partial charge in [0, 0.05) is 0 Å². The molecule has 0 bridgehead atoms. The molecule has 0 aromatic rings. The topological polar surface area (TPSA) is 102 Å². The number of Topliss-reactive ketones (excluding diaryl/α,β-unsaturated/α-hetero) is 1. The number of halogens is 3. The van der Waals surface area contributed by atoms with E-state index in [-0.39, 0.29) is 6.61 Å². The first-order valence-corrected chi connectivity index (χ1v) is 5.25. The van der Waals surface area contributed by atoms with Crippen molar-refractivity contribution in [3.8, 4) is 0 Å². The number of esters is 1. The Morgan fingerprint density at radius 2 is 1.89 bits per heavy atom. The van der Waals surface area contributed by atoms with Crippen LogP contribution in [0.25, 0.3) is 0 Å². The number of hydrogen-bond acceptors (Lipinski definition) is 5. The van der Waals surface area contributed by atoms with Crippen molar-refractivity contribution in [1.82, 2.24) is 0 Å². The third kappa shape index (κ3) is 3.62. The summed E-state index contributed by atoms with van der Waals surface area (Å²) < 4.78 is 42.1. The van der Waals surface area contributed by atoms with E-state index in [9.17, 15) is 27.9 Å². The van der Waals surface area contributed by atoms with Crippen LogP contribution in [0.3, 0.4) is 0 Å². The maximum Gasteiger partial charge on any atom is 0.490 e. The molecule has 0 fully saturated rings. The zero-order valence-corrected chi connectivity index (χ0v) is 10.5. The number of nitrogens with one attached hydrogen (secondary N) is 1. The average Bonchev–Trinajstić information content (AvgIpc) is 2.27. The summed E-state index contributed by atoms with van der Waals surface area (Å²) in [6, 6.07) is 0. The van der Waals surface area contributed by atoms with E-state index in [1.807, 2.05) is 0 Å². The highest BCUT2D eigenvalue weighted by molar-refractivity contribution is 6.62. The van der Waals surface area contributed by atoms with E-state index in [0.29, 0.717) is 6.92 Å². The second kappa shape index (κ2) is 5.94. The van der Waals surface area contributed by atoms with Crippen LogP contribution in [0.4, 0.5) is 13.2 Å². The highest BCUT2D eigenvalue weighted by Crippen LogP contribution is 2.36. The summed E-state index contributed by atoms with van der Waals surface area (Å²) in [4.78, 5) is 25.5. The van der Waals surface area contributed by atoms with Crippen molar-refractivity contribution >= 4 is 17.5 Å². The van der Waals surface area contributed by atoms with Gasteiger partial charge in [0.05, 0.1) is 22.8 Å². The molecule has 9 heteroatoms. The van der Waals surface area contributed by atoms with Crippen LogP contribution < -0.4 is 0 Å². The Kier molecular flexibility index (Phi) is 5.40. The van der Waals surface area contributed by atoms with Gasteiger partial charge in [-0.05, 0) is 13.8 Å². The van der Waals surface area contributed by atoms with Gasteiger partial charge in [0.25, 0.3) is 5.78 Å². The van der Waals surface area contributed by atoms with Gasteiger partial charge in [-0.1, -0.05) is 6.92 Å². The molecular formula is C10H14F3N2O4+. The summed E-state index contributed by atoms with van der Waals surface area (Å²) in [6.07, 6.45) is -5.07. The summed E-state index contributed by atoms with van der Waals surface area (Å²) in [6.45, 7) is 2.48. The number of carbonyl (C=O) groups excluding carboxylic acids is 2. The molecule has 0 radical (unpaired) electrons. The van der Waals surface area contributed by atoms with E-state index in [4.69, 9.17) is 5.53 Å². The van der Waals surface area contributed by atoms with Crippen LogP contribution >= 0.6 is 0 Å². The lowest BCUT2D eigenvalue weighted by Gasteiger charge is -2.30. The number of ether oxygens (including phenoxy) is 1. The molecule has 0 aliphatic heterocycles. The fourth-order valence-corrected chi connectivity index (χ4v) is 1.11. The molecule has 2 N–H and O–H groups in total. The van der Waals surface area contributed by atoms with E-state index >= 15 is 0 Å². The van der Waals surface area contributed by atoms with Gasteiger partial charge in [-0.15, -0.1) is 0 Å². The van der Waals surface area contributed by atoms with Gasteiger partial charge in [-0.25, -0.2) is 4.79 Å². The summed E-state index contributed by atoms with van der Waals surface area (Å²) in [5.41, 5.74) is 2.23. The summed E-state index contributed by atoms with van der Waals surface area (Å²) in [7, 11) is 0. The van der Waals surface area contributed by atoms with Gasteiger partial charge < -0.3 is 9.84 Å². The first-order valence-electron chi connectivity index (χ1n) is 5.25. The summed E-state index contributed by atoms with van der Waals surface area (Å²) in [5, 5.41) is 9.33. The van der Waals surface area contributed by atoms with E-state index in [1.54, 1.807) is 0 Å². The zero-order chi connectivity index (χ0) is 15.4. The monoisotopic (exact) mass is 283 g/mol. The minimum absolute atomic E-state index is 0.130. The van der Waals surface area contributed by atoms with Crippen LogP contribution in [0.5, 0.6) is 0 Å². The van der Waals surface area contributed by atoms with Gasteiger partial charge >= 0.3 is 17.9 Å². The van der Waals surface area contributed by atoms with Crippen molar-refractivity contribution in [2.45, 2.75) is 32.5 Å². The second-order valence-electron chi connectivity index (χ2n) is 3.91. The van der Waals surface area contributed by atoms with Crippen molar-refractivity contribution in [2.75, 3.05) is 6.61 Å². The average molecular weight is 283 g/mol.